The number of carbonyl (C=O) groups is 2. The van der Waals surface area contributed by atoms with Crippen molar-refractivity contribution in [1.29, 1.82) is 0 Å². The van der Waals surface area contributed by atoms with E-state index in [0.29, 0.717) is 28.3 Å². The maximum absolute atomic E-state index is 13.2. The highest BCUT2D eigenvalue weighted by atomic mass is 16.5. The van der Waals surface area contributed by atoms with E-state index in [9.17, 15) is 9.59 Å². The first kappa shape index (κ1) is 20.9. The van der Waals surface area contributed by atoms with E-state index >= 15 is 0 Å². The van der Waals surface area contributed by atoms with E-state index in [-0.39, 0.29) is 5.91 Å². The molecule has 1 N–H and O–H groups in total. The molecule has 0 aromatic heterocycles. The van der Waals surface area contributed by atoms with Crippen molar-refractivity contribution < 1.29 is 23.8 Å². The normalized spacial score (nSPS) is 11.3. The Labute approximate surface area is 175 Å². The van der Waals surface area contributed by atoms with Gasteiger partial charge in [0.15, 0.2) is 0 Å². The van der Waals surface area contributed by atoms with E-state index < -0.39 is 12.1 Å². The number of hydrogen-bond acceptors (Lipinski definition) is 5. The monoisotopic (exact) mass is 405 g/mol. The molecule has 0 heterocycles. The molecular formula is C24H23NO5. The summed E-state index contributed by atoms with van der Waals surface area (Å²) in [6.45, 7) is 1.93. The molecule has 30 heavy (non-hydrogen) atoms. The highest BCUT2D eigenvalue weighted by Crippen LogP contribution is 2.29. The fourth-order valence-electron chi connectivity index (χ4n) is 2.94. The molecule has 0 spiro atoms. The second-order valence-electron chi connectivity index (χ2n) is 6.62. The fourth-order valence-corrected chi connectivity index (χ4v) is 2.94. The van der Waals surface area contributed by atoms with Gasteiger partial charge in [0.2, 0.25) is 6.10 Å². The van der Waals surface area contributed by atoms with Crippen molar-refractivity contribution in [2.24, 2.45) is 0 Å². The van der Waals surface area contributed by atoms with Crippen LogP contribution in [0.5, 0.6) is 11.5 Å². The average Bonchev–Trinajstić information content (AvgIpc) is 2.78. The lowest BCUT2D eigenvalue weighted by Crippen LogP contribution is -2.26. The maximum Gasteiger partial charge on any atom is 0.337 e. The Morgan fingerprint density at radius 2 is 1.60 bits per heavy atom. The molecule has 1 atom stereocenters. The second-order valence-corrected chi connectivity index (χ2v) is 6.62. The fraction of sp³-hybridized carbons (Fsp3) is 0.167. The van der Waals surface area contributed by atoms with Crippen LogP contribution in [0.3, 0.4) is 0 Å². The van der Waals surface area contributed by atoms with Crippen molar-refractivity contribution in [2.75, 3.05) is 19.5 Å². The molecule has 3 aromatic carbocycles. The molecule has 6 nitrogen and oxygen atoms in total. The zero-order valence-corrected chi connectivity index (χ0v) is 17.0. The SMILES string of the molecule is COC(=O)c1ccc(O[C@@H](C(=O)Nc2cc(C)ccc2OC)c2ccccc2)cc1. The average molecular weight is 405 g/mol. The summed E-state index contributed by atoms with van der Waals surface area (Å²) in [5.74, 6) is 0.221. The van der Waals surface area contributed by atoms with Crippen molar-refractivity contribution >= 4 is 17.6 Å². The summed E-state index contributed by atoms with van der Waals surface area (Å²) in [5, 5.41) is 2.90. The molecule has 0 fully saturated rings. The lowest BCUT2D eigenvalue weighted by atomic mass is 10.1. The molecule has 0 bridgehead atoms. The largest absolute Gasteiger partial charge is 0.495 e. The lowest BCUT2D eigenvalue weighted by Gasteiger charge is -2.20. The van der Waals surface area contributed by atoms with Crippen LogP contribution in [0.2, 0.25) is 0 Å². The maximum atomic E-state index is 13.2. The minimum absolute atomic E-state index is 0.345. The summed E-state index contributed by atoms with van der Waals surface area (Å²) >= 11 is 0. The Morgan fingerprint density at radius 3 is 2.23 bits per heavy atom. The van der Waals surface area contributed by atoms with E-state index in [2.05, 4.69) is 5.32 Å². The third kappa shape index (κ3) is 4.97. The number of nitrogens with one attached hydrogen (secondary N) is 1. The van der Waals surface area contributed by atoms with Gasteiger partial charge in [0, 0.05) is 5.56 Å². The van der Waals surface area contributed by atoms with Gasteiger partial charge in [-0.25, -0.2) is 4.79 Å². The molecule has 0 aliphatic rings. The van der Waals surface area contributed by atoms with Gasteiger partial charge in [-0.2, -0.15) is 0 Å². The van der Waals surface area contributed by atoms with Crippen LogP contribution in [0.4, 0.5) is 5.69 Å². The van der Waals surface area contributed by atoms with E-state index in [0.717, 1.165) is 5.56 Å². The predicted octanol–water partition coefficient (Wildman–Crippen LogP) is 4.55. The van der Waals surface area contributed by atoms with Gasteiger partial charge in [0.05, 0.1) is 25.5 Å². The summed E-state index contributed by atoms with van der Waals surface area (Å²) in [4.78, 5) is 24.8. The predicted molar refractivity (Wildman–Crippen MR) is 114 cm³/mol. The molecule has 1 amide bonds. The summed E-state index contributed by atoms with van der Waals surface area (Å²) < 4.78 is 16.1. The Morgan fingerprint density at radius 1 is 0.900 bits per heavy atom. The van der Waals surface area contributed by atoms with Gasteiger partial charge in [0.25, 0.3) is 5.91 Å². The van der Waals surface area contributed by atoms with Crippen molar-refractivity contribution in [1.82, 2.24) is 0 Å². The summed E-state index contributed by atoms with van der Waals surface area (Å²) in [5.41, 5.74) is 2.64. The molecule has 6 heteroatoms. The molecule has 154 valence electrons. The van der Waals surface area contributed by atoms with Crippen molar-refractivity contribution in [3.05, 3.63) is 89.5 Å². The van der Waals surface area contributed by atoms with E-state index in [4.69, 9.17) is 14.2 Å². The van der Waals surface area contributed by atoms with Gasteiger partial charge in [-0.3, -0.25) is 4.79 Å². The number of carbonyl (C=O) groups excluding carboxylic acids is 2. The quantitative estimate of drug-likeness (QED) is 0.584. The molecule has 0 aliphatic heterocycles. The minimum Gasteiger partial charge on any atom is -0.495 e. The Balaban J connectivity index is 1.87. The van der Waals surface area contributed by atoms with Crippen LogP contribution < -0.4 is 14.8 Å². The van der Waals surface area contributed by atoms with Gasteiger partial charge in [-0.05, 0) is 48.9 Å². The lowest BCUT2D eigenvalue weighted by molar-refractivity contribution is -0.123. The molecule has 0 unspecified atom stereocenters. The van der Waals surface area contributed by atoms with Crippen LogP contribution in [-0.4, -0.2) is 26.1 Å². The van der Waals surface area contributed by atoms with Gasteiger partial charge in [-0.15, -0.1) is 0 Å². The molecular weight excluding hydrogens is 382 g/mol. The van der Waals surface area contributed by atoms with Gasteiger partial charge in [-0.1, -0.05) is 36.4 Å². The van der Waals surface area contributed by atoms with Crippen molar-refractivity contribution in [3.8, 4) is 11.5 Å². The molecule has 3 aromatic rings. The third-order valence-electron chi connectivity index (χ3n) is 4.48. The first-order valence-corrected chi connectivity index (χ1v) is 9.37. The zero-order chi connectivity index (χ0) is 21.5. The number of rotatable bonds is 7. The number of aryl methyl sites for hydroxylation is 1. The highest BCUT2D eigenvalue weighted by Gasteiger charge is 2.24. The number of esters is 1. The summed E-state index contributed by atoms with van der Waals surface area (Å²) in [6.07, 6.45) is -0.902. The van der Waals surface area contributed by atoms with Gasteiger partial charge >= 0.3 is 5.97 Å². The van der Waals surface area contributed by atoms with E-state index in [1.807, 2.05) is 49.4 Å². The van der Waals surface area contributed by atoms with Crippen molar-refractivity contribution in [2.45, 2.75) is 13.0 Å². The number of anilines is 1. The molecule has 0 saturated heterocycles. The van der Waals surface area contributed by atoms with E-state index in [1.54, 1.807) is 37.4 Å². The first-order valence-electron chi connectivity index (χ1n) is 9.37. The topological polar surface area (TPSA) is 73.9 Å². The number of ether oxygens (including phenoxy) is 3. The summed E-state index contributed by atoms with van der Waals surface area (Å²) in [7, 11) is 2.87. The summed E-state index contributed by atoms with van der Waals surface area (Å²) in [6, 6.07) is 21.2. The first-order chi connectivity index (χ1) is 14.5. The van der Waals surface area contributed by atoms with Crippen molar-refractivity contribution in [3.63, 3.8) is 0 Å². The Hall–Kier alpha value is -3.80. The number of benzene rings is 3. The molecule has 0 aliphatic carbocycles. The number of amides is 1. The van der Waals surface area contributed by atoms with Crippen LogP contribution in [0, 0.1) is 6.92 Å². The van der Waals surface area contributed by atoms with Crippen LogP contribution in [0.25, 0.3) is 0 Å². The van der Waals surface area contributed by atoms with Gasteiger partial charge < -0.3 is 19.5 Å². The van der Waals surface area contributed by atoms with E-state index in [1.165, 1.54) is 7.11 Å². The third-order valence-corrected chi connectivity index (χ3v) is 4.48. The zero-order valence-electron chi connectivity index (χ0n) is 17.0. The standard InChI is InChI=1S/C24H23NO5/c1-16-9-14-21(28-2)20(15-16)25-23(26)22(17-7-5-4-6-8-17)30-19-12-10-18(11-13-19)24(27)29-3/h4-15,22H,1-3H3,(H,25,26)/t22-/m1/s1. The number of hydrogen-bond donors (Lipinski definition) is 1. The highest BCUT2D eigenvalue weighted by molar-refractivity contribution is 5.96. The molecule has 0 radical (unpaired) electrons. The Bertz CT molecular complexity index is 1020. The minimum atomic E-state index is -0.902. The second kappa shape index (κ2) is 9.60. The van der Waals surface area contributed by atoms with Crippen LogP contribution in [-0.2, 0) is 9.53 Å². The van der Waals surface area contributed by atoms with Crippen LogP contribution in [0.15, 0.2) is 72.8 Å². The van der Waals surface area contributed by atoms with Crippen LogP contribution >= 0.6 is 0 Å². The number of methoxy groups -OCH3 is 2. The van der Waals surface area contributed by atoms with Gasteiger partial charge in [0.1, 0.15) is 11.5 Å². The Kier molecular flexibility index (Phi) is 6.70. The van der Waals surface area contributed by atoms with Crippen LogP contribution in [0.1, 0.15) is 27.6 Å². The smallest absolute Gasteiger partial charge is 0.337 e. The molecule has 0 saturated carbocycles. The molecule has 3 rings (SSSR count).